The van der Waals surface area contributed by atoms with Crippen LogP contribution < -0.4 is 0 Å². The van der Waals surface area contributed by atoms with Gasteiger partial charge in [-0.3, -0.25) is 0 Å². The van der Waals surface area contributed by atoms with Crippen LogP contribution in [0.1, 0.15) is 57.1 Å². The summed E-state index contributed by atoms with van der Waals surface area (Å²) in [5.41, 5.74) is 2.91. The molecule has 0 aliphatic heterocycles. The van der Waals surface area contributed by atoms with Gasteiger partial charge >= 0.3 is 0 Å². The van der Waals surface area contributed by atoms with E-state index in [-0.39, 0.29) is 0 Å². The summed E-state index contributed by atoms with van der Waals surface area (Å²) in [4.78, 5) is 0. The van der Waals surface area contributed by atoms with E-state index in [1.165, 1.54) is 24.8 Å². The second-order valence-electron chi connectivity index (χ2n) is 5.27. The highest BCUT2D eigenvalue weighted by atomic mass is 14.2. The molecule has 0 aromatic heterocycles. The lowest BCUT2D eigenvalue weighted by Gasteiger charge is -2.25. The maximum Gasteiger partial charge on any atom is -0.0162 e. The van der Waals surface area contributed by atoms with Gasteiger partial charge < -0.3 is 0 Å². The van der Waals surface area contributed by atoms with E-state index in [4.69, 9.17) is 0 Å². The Morgan fingerprint density at radius 3 is 1.80 bits per heavy atom. The van der Waals surface area contributed by atoms with Gasteiger partial charge in [0, 0.05) is 0 Å². The minimum absolute atomic E-state index is 0.833. The number of hydrogen-bond acceptors (Lipinski definition) is 0. The standard InChI is InChI=1S/C11H14.C4H10/c1-9-5-7-11(8-6-9)10-3-2-4-10;1-4(2)3/h5-8,10H,2-4H2,1H3;4H,1-3H3. The third-order valence-electron chi connectivity index (χ3n) is 2.65. The molecule has 84 valence electrons. The largest absolute Gasteiger partial charge is 0.0630 e. The van der Waals surface area contributed by atoms with Gasteiger partial charge in [0.2, 0.25) is 0 Å². The van der Waals surface area contributed by atoms with Gasteiger partial charge in [0.25, 0.3) is 0 Å². The molecule has 0 unspecified atom stereocenters. The highest BCUT2D eigenvalue weighted by Gasteiger charge is 2.18. The van der Waals surface area contributed by atoms with Crippen molar-refractivity contribution < 1.29 is 0 Å². The van der Waals surface area contributed by atoms with Crippen molar-refractivity contribution in [1.29, 1.82) is 0 Å². The predicted octanol–water partition coefficient (Wildman–Crippen LogP) is 4.92. The molecule has 0 bridgehead atoms. The molecule has 0 amide bonds. The van der Waals surface area contributed by atoms with E-state index in [0.29, 0.717) is 0 Å². The maximum absolute atomic E-state index is 2.28. The molecular weight excluding hydrogens is 180 g/mol. The summed E-state index contributed by atoms with van der Waals surface area (Å²) < 4.78 is 0. The van der Waals surface area contributed by atoms with E-state index >= 15 is 0 Å². The molecule has 0 atom stereocenters. The summed E-state index contributed by atoms with van der Waals surface area (Å²) in [5, 5.41) is 0. The van der Waals surface area contributed by atoms with Crippen molar-refractivity contribution in [3.05, 3.63) is 35.4 Å². The van der Waals surface area contributed by atoms with Gasteiger partial charge in [-0.25, -0.2) is 0 Å². The summed E-state index contributed by atoms with van der Waals surface area (Å²) in [6, 6.07) is 8.99. The van der Waals surface area contributed by atoms with Gasteiger partial charge in [0.05, 0.1) is 0 Å². The van der Waals surface area contributed by atoms with Crippen LogP contribution in [0.2, 0.25) is 0 Å². The SMILES string of the molecule is CC(C)C.Cc1ccc(C2CCC2)cc1. The lowest BCUT2D eigenvalue weighted by Crippen LogP contribution is -2.08. The highest BCUT2D eigenvalue weighted by molar-refractivity contribution is 5.25. The van der Waals surface area contributed by atoms with Crippen LogP contribution in [0, 0.1) is 12.8 Å². The van der Waals surface area contributed by atoms with E-state index in [2.05, 4.69) is 52.0 Å². The molecule has 0 heterocycles. The zero-order chi connectivity index (χ0) is 11.3. The van der Waals surface area contributed by atoms with Crippen molar-refractivity contribution in [1.82, 2.24) is 0 Å². The lowest BCUT2D eigenvalue weighted by atomic mass is 9.80. The van der Waals surface area contributed by atoms with Crippen molar-refractivity contribution in [2.24, 2.45) is 5.92 Å². The molecule has 0 N–H and O–H groups in total. The lowest BCUT2D eigenvalue weighted by molar-refractivity contribution is 0.420. The average Bonchev–Trinajstić information content (AvgIpc) is 2.04. The number of hydrogen-bond donors (Lipinski definition) is 0. The van der Waals surface area contributed by atoms with Crippen LogP contribution in [-0.2, 0) is 0 Å². The van der Waals surface area contributed by atoms with Crippen molar-refractivity contribution in [2.75, 3.05) is 0 Å². The zero-order valence-corrected chi connectivity index (χ0v) is 10.6. The Kier molecular flexibility index (Phi) is 4.87. The molecule has 1 aliphatic rings. The summed E-state index contributed by atoms with van der Waals surface area (Å²) in [6.45, 7) is 8.64. The molecule has 0 spiro atoms. The van der Waals surface area contributed by atoms with E-state index < -0.39 is 0 Å². The van der Waals surface area contributed by atoms with Crippen LogP contribution >= 0.6 is 0 Å². The quantitative estimate of drug-likeness (QED) is 0.608. The fraction of sp³-hybridized carbons (Fsp3) is 0.600. The number of aryl methyl sites for hydroxylation is 1. The van der Waals surface area contributed by atoms with Crippen LogP contribution in [0.3, 0.4) is 0 Å². The van der Waals surface area contributed by atoms with E-state index in [1.54, 1.807) is 5.56 Å². The van der Waals surface area contributed by atoms with Gasteiger partial charge in [0.1, 0.15) is 0 Å². The van der Waals surface area contributed by atoms with Crippen molar-refractivity contribution in [3.63, 3.8) is 0 Å². The maximum atomic E-state index is 2.28. The summed E-state index contributed by atoms with van der Waals surface area (Å²) >= 11 is 0. The van der Waals surface area contributed by atoms with Gasteiger partial charge in [-0.2, -0.15) is 0 Å². The van der Waals surface area contributed by atoms with E-state index in [0.717, 1.165) is 11.8 Å². The van der Waals surface area contributed by atoms with Crippen molar-refractivity contribution in [3.8, 4) is 0 Å². The predicted molar refractivity (Wildman–Crippen MR) is 68.3 cm³/mol. The summed E-state index contributed by atoms with van der Waals surface area (Å²) in [6.07, 6.45) is 4.24. The molecule has 0 heteroatoms. The average molecular weight is 204 g/mol. The zero-order valence-electron chi connectivity index (χ0n) is 10.6. The molecule has 1 aromatic carbocycles. The first kappa shape index (κ1) is 12.3. The first-order valence-electron chi connectivity index (χ1n) is 6.16. The smallest absolute Gasteiger partial charge is 0.0162 e. The first-order valence-corrected chi connectivity index (χ1v) is 6.16. The van der Waals surface area contributed by atoms with Gasteiger partial charge in [-0.1, -0.05) is 57.0 Å². The molecule has 1 aromatic rings. The van der Waals surface area contributed by atoms with Crippen LogP contribution in [0.5, 0.6) is 0 Å². The topological polar surface area (TPSA) is 0 Å². The normalized spacial score (nSPS) is 15.5. The molecule has 0 saturated heterocycles. The highest BCUT2D eigenvalue weighted by Crippen LogP contribution is 2.36. The molecule has 1 aliphatic carbocycles. The van der Waals surface area contributed by atoms with Gasteiger partial charge in [0.15, 0.2) is 0 Å². The van der Waals surface area contributed by atoms with Crippen LogP contribution in [-0.4, -0.2) is 0 Å². The summed E-state index contributed by atoms with van der Waals surface area (Å²) in [7, 11) is 0. The molecule has 2 rings (SSSR count). The third kappa shape index (κ3) is 4.51. The van der Waals surface area contributed by atoms with Crippen molar-refractivity contribution in [2.45, 2.75) is 52.9 Å². The third-order valence-corrected chi connectivity index (χ3v) is 2.65. The molecule has 0 radical (unpaired) electrons. The molecule has 1 fully saturated rings. The Balaban J connectivity index is 0.000000245. The minimum atomic E-state index is 0.833. The molecule has 15 heavy (non-hydrogen) atoms. The fourth-order valence-corrected chi connectivity index (χ4v) is 1.58. The minimum Gasteiger partial charge on any atom is -0.0630 e. The Bertz CT molecular complexity index is 262. The van der Waals surface area contributed by atoms with E-state index in [9.17, 15) is 0 Å². The Morgan fingerprint density at radius 2 is 1.47 bits per heavy atom. The van der Waals surface area contributed by atoms with Crippen LogP contribution in [0.25, 0.3) is 0 Å². The Labute approximate surface area is 94.7 Å². The second kappa shape index (κ2) is 5.95. The Morgan fingerprint density at radius 1 is 1.00 bits per heavy atom. The monoisotopic (exact) mass is 204 g/mol. The van der Waals surface area contributed by atoms with Crippen LogP contribution in [0.15, 0.2) is 24.3 Å². The molecule has 0 nitrogen and oxygen atoms in total. The van der Waals surface area contributed by atoms with E-state index in [1.807, 2.05) is 0 Å². The number of rotatable bonds is 1. The first-order chi connectivity index (χ1) is 7.09. The van der Waals surface area contributed by atoms with Crippen LogP contribution in [0.4, 0.5) is 0 Å². The van der Waals surface area contributed by atoms with Gasteiger partial charge in [-0.15, -0.1) is 0 Å². The van der Waals surface area contributed by atoms with Gasteiger partial charge in [-0.05, 0) is 37.2 Å². The summed E-state index contributed by atoms with van der Waals surface area (Å²) in [5.74, 6) is 1.72. The van der Waals surface area contributed by atoms with Crippen molar-refractivity contribution >= 4 is 0 Å². The molecule has 1 saturated carbocycles. The Hall–Kier alpha value is -0.780. The number of benzene rings is 1. The fourth-order valence-electron chi connectivity index (χ4n) is 1.58. The second-order valence-corrected chi connectivity index (χ2v) is 5.27. The molecular formula is C15H24.